The van der Waals surface area contributed by atoms with E-state index in [4.69, 9.17) is 9.78 Å². The van der Waals surface area contributed by atoms with Crippen LogP contribution in [-0.2, 0) is 0 Å². The zero-order valence-electron chi connectivity index (χ0n) is 15.1. The van der Waals surface area contributed by atoms with Crippen LogP contribution in [0.4, 0.5) is 14.9 Å². The summed E-state index contributed by atoms with van der Waals surface area (Å²) in [6, 6.07) is 4.34. The Hall–Kier alpha value is -3.81. The predicted molar refractivity (Wildman–Crippen MR) is 95.1 cm³/mol. The molecule has 0 aliphatic heterocycles. The van der Waals surface area contributed by atoms with Crippen LogP contribution in [-0.4, -0.2) is 31.4 Å². The standard InChI is InChI=1S/C17H17FN8O2/c1-9(2)5-13(16-24-15(26-28-16)14-20-8-21-25-14)23-17(27)22-11-3-4-12(18)10(6-11)7-19/h3-4,6,8-9,13H,5H2,1-2H3,(H,20,21,25)(H2,22,23,27)/t13-/m1/s1. The van der Waals surface area contributed by atoms with Crippen LogP contribution in [0, 0.1) is 23.1 Å². The van der Waals surface area contributed by atoms with Crippen molar-refractivity contribution in [3.63, 3.8) is 0 Å². The Morgan fingerprint density at radius 3 is 2.93 bits per heavy atom. The van der Waals surface area contributed by atoms with Gasteiger partial charge in [-0.3, -0.25) is 5.10 Å². The van der Waals surface area contributed by atoms with Gasteiger partial charge in [0.2, 0.25) is 11.7 Å². The van der Waals surface area contributed by atoms with Gasteiger partial charge in [0.05, 0.1) is 5.56 Å². The van der Waals surface area contributed by atoms with Gasteiger partial charge in [-0.25, -0.2) is 14.2 Å². The number of nitrogens with one attached hydrogen (secondary N) is 3. The minimum atomic E-state index is -0.656. The first-order valence-corrected chi connectivity index (χ1v) is 8.42. The highest BCUT2D eigenvalue weighted by Gasteiger charge is 2.23. The lowest BCUT2D eigenvalue weighted by atomic mass is 10.0. The van der Waals surface area contributed by atoms with E-state index in [9.17, 15) is 9.18 Å². The van der Waals surface area contributed by atoms with E-state index in [2.05, 4.69) is 36.0 Å². The molecule has 2 heterocycles. The molecule has 3 rings (SSSR count). The van der Waals surface area contributed by atoms with Gasteiger partial charge in [0.1, 0.15) is 24.3 Å². The van der Waals surface area contributed by atoms with Crippen LogP contribution in [0.15, 0.2) is 29.0 Å². The molecule has 28 heavy (non-hydrogen) atoms. The Morgan fingerprint density at radius 2 is 2.25 bits per heavy atom. The van der Waals surface area contributed by atoms with Crippen LogP contribution in [0.25, 0.3) is 11.6 Å². The van der Waals surface area contributed by atoms with Gasteiger partial charge in [0.15, 0.2) is 5.82 Å². The molecule has 0 fully saturated rings. The smallest absolute Gasteiger partial charge is 0.319 e. The fraction of sp³-hybridized carbons (Fsp3) is 0.294. The molecular weight excluding hydrogens is 367 g/mol. The van der Waals surface area contributed by atoms with Crippen molar-refractivity contribution in [1.29, 1.82) is 5.26 Å². The third-order valence-corrected chi connectivity index (χ3v) is 3.72. The Balaban J connectivity index is 1.74. The van der Waals surface area contributed by atoms with Crippen LogP contribution < -0.4 is 10.6 Å². The minimum Gasteiger partial charge on any atom is -0.337 e. The van der Waals surface area contributed by atoms with E-state index in [1.165, 1.54) is 18.5 Å². The molecule has 2 amide bonds. The highest BCUT2D eigenvalue weighted by atomic mass is 19.1. The van der Waals surface area contributed by atoms with Gasteiger partial charge in [-0.2, -0.15) is 15.3 Å². The van der Waals surface area contributed by atoms with Gasteiger partial charge < -0.3 is 15.2 Å². The first-order chi connectivity index (χ1) is 13.5. The second kappa shape index (κ2) is 8.26. The molecule has 144 valence electrons. The maximum absolute atomic E-state index is 13.4. The molecule has 1 atom stereocenters. The fourth-order valence-corrected chi connectivity index (χ4v) is 2.49. The van der Waals surface area contributed by atoms with E-state index in [0.717, 1.165) is 6.07 Å². The number of urea groups is 1. The SMILES string of the molecule is CC(C)C[C@@H](NC(=O)Nc1ccc(F)c(C#N)c1)c1nc(-c2ncn[nH]2)no1. The molecule has 3 aromatic rings. The summed E-state index contributed by atoms with van der Waals surface area (Å²) >= 11 is 0. The number of nitrogens with zero attached hydrogens (tertiary/aromatic N) is 5. The van der Waals surface area contributed by atoms with Crippen molar-refractivity contribution in [2.75, 3.05) is 5.32 Å². The molecule has 0 unspecified atom stereocenters. The molecule has 0 saturated heterocycles. The summed E-state index contributed by atoms with van der Waals surface area (Å²) < 4.78 is 18.7. The molecule has 1 aromatic carbocycles. The largest absolute Gasteiger partial charge is 0.337 e. The molecule has 0 aliphatic carbocycles. The van der Waals surface area contributed by atoms with E-state index in [-0.39, 0.29) is 28.9 Å². The Bertz CT molecular complexity index is 993. The van der Waals surface area contributed by atoms with Gasteiger partial charge in [-0.15, -0.1) is 0 Å². The summed E-state index contributed by atoms with van der Waals surface area (Å²) in [5, 5.41) is 24.4. The summed E-state index contributed by atoms with van der Waals surface area (Å²) in [7, 11) is 0. The van der Waals surface area contributed by atoms with Crippen LogP contribution in [0.3, 0.4) is 0 Å². The molecule has 0 bridgehead atoms. The van der Waals surface area contributed by atoms with Gasteiger partial charge in [0.25, 0.3) is 0 Å². The number of amides is 2. The van der Waals surface area contributed by atoms with Crippen molar-refractivity contribution < 1.29 is 13.7 Å². The van der Waals surface area contributed by atoms with E-state index in [0.29, 0.717) is 12.2 Å². The molecule has 0 aliphatic rings. The molecule has 10 nitrogen and oxygen atoms in total. The second-order valence-electron chi connectivity index (χ2n) is 6.38. The van der Waals surface area contributed by atoms with Gasteiger partial charge in [0, 0.05) is 5.69 Å². The maximum atomic E-state index is 13.4. The number of hydrogen-bond donors (Lipinski definition) is 3. The minimum absolute atomic E-state index is 0.162. The molecule has 11 heteroatoms. The van der Waals surface area contributed by atoms with Crippen molar-refractivity contribution in [2.24, 2.45) is 5.92 Å². The number of benzene rings is 1. The van der Waals surface area contributed by atoms with Gasteiger partial charge >= 0.3 is 6.03 Å². The summed E-state index contributed by atoms with van der Waals surface area (Å²) in [6.07, 6.45) is 1.86. The van der Waals surface area contributed by atoms with Crippen molar-refractivity contribution in [1.82, 2.24) is 30.6 Å². The number of anilines is 1. The van der Waals surface area contributed by atoms with Crippen LogP contribution in [0.1, 0.15) is 37.8 Å². The number of aromatic nitrogens is 5. The summed E-state index contributed by atoms with van der Waals surface area (Å²) in [5.74, 6) is 0.352. The maximum Gasteiger partial charge on any atom is 0.319 e. The zero-order valence-corrected chi connectivity index (χ0v) is 15.1. The molecular formula is C17H17FN8O2. The van der Waals surface area contributed by atoms with Crippen LogP contribution in [0.2, 0.25) is 0 Å². The van der Waals surface area contributed by atoms with E-state index < -0.39 is 17.9 Å². The number of carbonyl (C=O) groups excluding carboxylic acids is 1. The highest BCUT2D eigenvalue weighted by molar-refractivity contribution is 5.89. The predicted octanol–water partition coefficient (Wildman–Crippen LogP) is 2.77. The van der Waals surface area contributed by atoms with Crippen molar-refractivity contribution in [3.05, 3.63) is 41.8 Å². The summed E-state index contributed by atoms with van der Waals surface area (Å²) in [4.78, 5) is 20.6. The topological polar surface area (TPSA) is 145 Å². The third-order valence-electron chi connectivity index (χ3n) is 3.72. The normalized spacial score (nSPS) is 11.8. The van der Waals surface area contributed by atoms with Gasteiger partial charge in [-0.05, 0) is 30.5 Å². The number of rotatable bonds is 6. The molecule has 0 spiro atoms. The zero-order chi connectivity index (χ0) is 20.1. The number of hydrogen-bond acceptors (Lipinski definition) is 7. The molecule has 0 saturated carbocycles. The van der Waals surface area contributed by atoms with Crippen LogP contribution in [0.5, 0.6) is 0 Å². The van der Waals surface area contributed by atoms with E-state index >= 15 is 0 Å². The fourth-order valence-electron chi connectivity index (χ4n) is 2.49. The monoisotopic (exact) mass is 384 g/mol. The lowest BCUT2D eigenvalue weighted by Crippen LogP contribution is -2.33. The quantitative estimate of drug-likeness (QED) is 0.592. The first kappa shape index (κ1) is 19.0. The Morgan fingerprint density at radius 1 is 1.43 bits per heavy atom. The van der Waals surface area contributed by atoms with Gasteiger partial charge in [-0.1, -0.05) is 19.0 Å². The Kier molecular flexibility index (Phi) is 5.59. The van der Waals surface area contributed by atoms with E-state index in [1.807, 2.05) is 13.8 Å². The van der Waals surface area contributed by atoms with Crippen molar-refractivity contribution in [3.8, 4) is 17.7 Å². The molecule has 0 radical (unpaired) electrons. The first-order valence-electron chi connectivity index (χ1n) is 8.42. The van der Waals surface area contributed by atoms with Crippen molar-refractivity contribution >= 4 is 11.7 Å². The van der Waals surface area contributed by atoms with E-state index in [1.54, 1.807) is 6.07 Å². The lowest BCUT2D eigenvalue weighted by Gasteiger charge is -2.17. The number of halogens is 1. The average Bonchev–Trinajstić information content (AvgIpc) is 3.33. The highest BCUT2D eigenvalue weighted by Crippen LogP contribution is 2.22. The lowest BCUT2D eigenvalue weighted by molar-refractivity contribution is 0.240. The number of H-pyrrole nitrogens is 1. The second-order valence-corrected chi connectivity index (χ2v) is 6.38. The number of nitriles is 1. The third kappa shape index (κ3) is 4.47. The van der Waals surface area contributed by atoms with Crippen LogP contribution >= 0.6 is 0 Å². The Labute approximate surface area is 159 Å². The summed E-state index contributed by atoms with van der Waals surface area (Å²) in [5.41, 5.74) is 0.122. The summed E-state index contributed by atoms with van der Waals surface area (Å²) in [6.45, 7) is 3.97. The number of aromatic amines is 1. The van der Waals surface area contributed by atoms with Crippen molar-refractivity contribution in [2.45, 2.75) is 26.3 Å². The molecule has 2 aromatic heterocycles. The number of carbonyl (C=O) groups is 1. The average molecular weight is 384 g/mol. The molecule has 3 N–H and O–H groups in total.